The van der Waals surface area contributed by atoms with Gasteiger partial charge in [-0.1, -0.05) is 0 Å². The number of aromatic amines is 1. The third-order valence-corrected chi connectivity index (χ3v) is 5.43. The number of ether oxygens (including phenoxy) is 1. The van der Waals surface area contributed by atoms with Gasteiger partial charge in [-0.05, 0) is 59.2 Å². The molecule has 1 aliphatic carbocycles. The lowest BCUT2D eigenvalue weighted by molar-refractivity contribution is -0.274. The van der Waals surface area contributed by atoms with E-state index in [0.717, 1.165) is 17.0 Å². The molecule has 1 N–H and O–H groups in total. The molecule has 3 heterocycles. The average Bonchev–Trinajstić information content (AvgIpc) is 3.31. The number of nitrogens with zero attached hydrogens (tertiary/aromatic N) is 6. The second kappa shape index (κ2) is 7.00. The molecule has 0 atom stereocenters. The molecule has 164 valence electrons. The lowest BCUT2D eigenvalue weighted by Crippen LogP contribution is -2.36. The molecule has 1 saturated carbocycles. The minimum Gasteiger partial charge on any atom is -0.406 e. The summed E-state index contributed by atoms with van der Waals surface area (Å²) in [6.45, 7) is 0.106. The second-order valence-corrected chi connectivity index (χ2v) is 7.37. The van der Waals surface area contributed by atoms with Gasteiger partial charge in [-0.15, -0.1) is 18.3 Å². The van der Waals surface area contributed by atoms with Crippen molar-refractivity contribution < 1.29 is 27.5 Å². The molecule has 1 saturated heterocycles. The molecule has 0 radical (unpaired) electrons. The monoisotopic (exact) mass is 445 g/mol. The number of hydrogen-bond acceptors (Lipinski definition) is 7. The van der Waals surface area contributed by atoms with E-state index >= 15 is 0 Å². The molecule has 2 fully saturated rings. The fourth-order valence-electron chi connectivity index (χ4n) is 3.78. The molecule has 13 heteroatoms. The number of hydrogen-bond donors (Lipinski definition) is 1. The van der Waals surface area contributed by atoms with Gasteiger partial charge < -0.3 is 9.64 Å². The average molecular weight is 445 g/mol. The van der Waals surface area contributed by atoms with Crippen LogP contribution in [0.2, 0.25) is 0 Å². The SMILES string of the molecule is O=C1N(c2ccc(OC(F)(F)F)cc2)C(=O)C2(CC2)N1Cc1ccncc1-c1nnn[nH]1. The van der Waals surface area contributed by atoms with Crippen LogP contribution in [0.4, 0.5) is 23.7 Å². The Hall–Kier alpha value is -4.03. The van der Waals surface area contributed by atoms with E-state index < -0.39 is 29.6 Å². The Bertz CT molecular complexity index is 1180. The molecule has 0 bridgehead atoms. The molecule has 1 spiro atoms. The van der Waals surface area contributed by atoms with Crippen molar-refractivity contribution in [1.82, 2.24) is 30.5 Å². The Kier molecular flexibility index (Phi) is 4.36. The summed E-state index contributed by atoms with van der Waals surface area (Å²) in [5.41, 5.74) is 0.457. The minimum atomic E-state index is -4.84. The molecule has 2 aromatic heterocycles. The number of rotatable bonds is 5. The van der Waals surface area contributed by atoms with Crippen LogP contribution in [0.5, 0.6) is 5.75 Å². The summed E-state index contributed by atoms with van der Waals surface area (Å²) >= 11 is 0. The largest absolute Gasteiger partial charge is 0.573 e. The third-order valence-electron chi connectivity index (χ3n) is 5.43. The minimum absolute atomic E-state index is 0.106. The highest BCUT2D eigenvalue weighted by atomic mass is 19.4. The van der Waals surface area contributed by atoms with Gasteiger partial charge in [0.2, 0.25) is 0 Å². The van der Waals surface area contributed by atoms with Gasteiger partial charge in [0.05, 0.1) is 5.69 Å². The van der Waals surface area contributed by atoms with Crippen molar-refractivity contribution in [2.75, 3.05) is 4.90 Å². The number of H-pyrrole nitrogens is 1. The normalized spacial score (nSPS) is 17.3. The molecule has 1 aliphatic heterocycles. The molecule has 1 aromatic carbocycles. The summed E-state index contributed by atoms with van der Waals surface area (Å²) in [6.07, 6.45) is -0.740. The maximum absolute atomic E-state index is 13.2. The Labute approximate surface area is 178 Å². The number of urea groups is 1. The maximum atomic E-state index is 13.2. The summed E-state index contributed by atoms with van der Waals surface area (Å²) < 4.78 is 41.1. The zero-order valence-corrected chi connectivity index (χ0v) is 16.2. The number of imide groups is 1. The maximum Gasteiger partial charge on any atom is 0.573 e. The van der Waals surface area contributed by atoms with Crippen LogP contribution >= 0.6 is 0 Å². The number of aromatic nitrogens is 5. The first-order valence-corrected chi connectivity index (χ1v) is 9.47. The number of anilines is 1. The molecule has 10 nitrogen and oxygen atoms in total. The third kappa shape index (κ3) is 3.31. The highest BCUT2D eigenvalue weighted by Crippen LogP contribution is 2.50. The highest BCUT2D eigenvalue weighted by molar-refractivity contribution is 6.24. The number of carbonyl (C=O) groups is 2. The fourth-order valence-corrected chi connectivity index (χ4v) is 3.78. The van der Waals surface area contributed by atoms with Crippen molar-refractivity contribution >= 4 is 17.6 Å². The van der Waals surface area contributed by atoms with E-state index in [1.54, 1.807) is 18.5 Å². The van der Waals surface area contributed by atoms with Gasteiger partial charge in [-0.25, -0.2) is 14.8 Å². The van der Waals surface area contributed by atoms with Crippen molar-refractivity contribution in [1.29, 1.82) is 0 Å². The summed E-state index contributed by atoms with van der Waals surface area (Å²) in [4.78, 5) is 32.9. The van der Waals surface area contributed by atoms with Crippen LogP contribution < -0.4 is 9.64 Å². The smallest absolute Gasteiger partial charge is 0.406 e. The molecule has 0 unspecified atom stereocenters. The summed E-state index contributed by atoms with van der Waals surface area (Å²) in [5.74, 6) is -0.489. The van der Waals surface area contributed by atoms with E-state index in [9.17, 15) is 22.8 Å². The van der Waals surface area contributed by atoms with Crippen LogP contribution in [0, 0.1) is 0 Å². The molecular formula is C19H14F3N7O3. The number of amides is 3. The van der Waals surface area contributed by atoms with Crippen LogP contribution in [0.3, 0.4) is 0 Å². The van der Waals surface area contributed by atoms with Crippen molar-refractivity contribution in [2.45, 2.75) is 31.3 Å². The molecule has 32 heavy (non-hydrogen) atoms. The Morgan fingerprint density at radius 2 is 1.88 bits per heavy atom. The van der Waals surface area contributed by atoms with Crippen molar-refractivity contribution in [3.63, 3.8) is 0 Å². The summed E-state index contributed by atoms with van der Waals surface area (Å²) in [6, 6.07) is 5.75. The van der Waals surface area contributed by atoms with Crippen molar-refractivity contribution in [3.05, 3.63) is 48.3 Å². The number of nitrogens with one attached hydrogen (secondary N) is 1. The zero-order chi connectivity index (χ0) is 22.5. The van der Waals surface area contributed by atoms with Gasteiger partial charge >= 0.3 is 12.4 Å². The Morgan fingerprint density at radius 1 is 1.12 bits per heavy atom. The van der Waals surface area contributed by atoms with Crippen LogP contribution in [0.25, 0.3) is 11.4 Å². The van der Waals surface area contributed by atoms with Gasteiger partial charge in [-0.2, -0.15) is 0 Å². The highest BCUT2D eigenvalue weighted by Gasteiger charge is 2.65. The quantitative estimate of drug-likeness (QED) is 0.600. The number of alkyl halides is 3. The van der Waals surface area contributed by atoms with Gasteiger partial charge in [0.25, 0.3) is 5.91 Å². The number of carbonyl (C=O) groups excluding carboxylic acids is 2. The van der Waals surface area contributed by atoms with E-state index in [4.69, 9.17) is 0 Å². The van der Waals surface area contributed by atoms with Gasteiger partial charge in [0.1, 0.15) is 11.3 Å². The standard InChI is InChI=1S/C19H14F3N7O3/c20-19(21,22)32-13-3-1-12(2-4-13)29-16(30)18(6-7-18)28(17(29)31)10-11-5-8-23-9-14(11)15-24-26-27-25-15/h1-5,8-9H,6-7,10H2,(H,24,25,26,27). The van der Waals surface area contributed by atoms with Crippen LogP contribution in [0.1, 0.15) is 18.4 Å². The van der Waals surface area contributed by atoms with E-state index in [1.807, 2.05) is 0 Å². The lowest BCUT2D eigenvalue weighted by Gasteiger charge is -2.22. The van der Waals surface area contributed by atoms with Crippen LogP contribution in [-0.2, 0) is 11.3 Å². The van der Waals surface area contributed by atoms with E-state index in [-0.39, 0.29) is 12.2 Å². The predicted octanol–water partition coefficient (Wildman–Crippen LogP) is 2.66. The van der Waals surface area contributed by atoms with Crippen LogP contribution in [0.15, 0.2) is 42.7 Å². The number of tetrazole rings is 1. The van der Waals surface area contributed by atoms with Crippen molar-refractivity contribution in [2.24, 2.45) is 0 Å². The Balaban J connectivity index is 1.43. The van der Waals surface area contributed by atoms with Crippen molar-refractivity contribution in [3.8, 4) is 17.1 Å². The predicted molar refractivity (Wildman–Crippen MR) is 101 cm³/mol. The molecule has 2 aliphatic rings. The second-order valence-electron chi connectivity index (χ2n) is 7.37. The van der Waals surface area contributed by atoms with Gasteiger partial charge in [0, 0.05) is 24.5 Å². The molecular weight excluding hydrogens is 431 g/mol. The number of benzene rings is 1. The Morgan fingerprint density at radius 3 is 2.50 bits per heavy atom. The molecule has 3 aromatic rings. The summed E-state index contributed by atoms with van der Waals surface area (Å²) in [7, 11) is 0. The molecule has 5 rings (SSSR count). The lowest BCUT2D eigenvalue weighted by atomic mass is 10.1. The summed E-state index contributed by atoms with van der Waals surface area (Å²) in [5, 5.41) is 13.6. The number of halogens is 3. The topological polar surface area (TPSA) is 117 Å². The first-order chi connectivity index (χ1) is 15.3. The first-order valence-electron chi connectivity index (χ1n) is 9.47. The first kappa shape index (κ1) is 19.9. The fraction of sp³-hybridized carbons (Fsp3) is 0.263. The van der Waals surface area contributed by atoms with Gasteiger partial charge in [-0.3, -0.25) is 9.78 Å². The zero-order valence-electron chi connectivity index (χ0n) is 16.2. The number of pyridine rings is 1. The van der Waals surface area contributed by atoms with E-state index in [2.05, 4.69) is 30.3 Å². The van der Waals surface area contributed by atoms with Crippen LogP contribution in [-0.4, -0.2) is 54.3 Å². The van der Waals surface area contributed by atoms with E-state index in [1.165, 1.54) is 17.0 Å². The molecule has 3 amide bonds. The van der Waals surface area contributed by atoms with E-state index in [0.29, 0.717) is 29.8 Å². The van der Waals surface area contributed by atoms with Gasteiger partial charge in [0.15, 0.2) is 5.82 Å².